The van der Waals surface area contributed by atoms with Crippen molar-refractivity contribution >= 4 is 49.6 Å². The molecule has 3 rings (SSSR count). The Labute approximate surface area is 165 Å². The summed E-state index contributed by atoms with van der Waals surface area (Å²) >= 11 is 2.81. The minimum absolute atomic E-state index is 0.0846. The van der Waals surface area contributed by atoms with Gasteiger partial charge in [-0.3, -0.25) is 9.59 Å². The number of thiophene rings is 1. The Bertz CT molecular complexity index is 951. The molecule has 0 bridgehead atoms. The Hall–Kier alpha value is -1.82. The first-order chi connectivity index (χ1) is 12.7. The van der Waals surface area contributed by atoms with Crippen LogP contribution in [0, 0.1) is 0 Å². The van der Waals surface area contributed by atoms with E-state index in [1.54, 1.807) is 0 Å². The largest absolute Gasteiger partial charge is 0.351 e. The molecule has 146 valence electrons. The highest BCUT2D eigenvalue weighted by atomic mass is 32.2. The Morgan fingerprint density at radius 2 is 2.15 bits per heavy atom. The predicted molar refractivity (Wildman–Crippen MR) is 106 cm³/mol. The Kier molecular flexibility index (Phi) is 5.94. The van der Waals surface area contributed by atoms with Gasteiger partial charge < -0.3 is 10.6 Å². The van der Waals surface area contributed by atoms with E-state index >= 15 is 0 Å². The summed E-state index contributed by atoms with van der Waals surface area (Å²) in [7, 11) is -3.41. The summed E-state index contributed by atoms with van der Waals surface area (Å²) in [5.74, 6) is -0.435. The summed E-state index contributed by atoms with van der Waals surface area (Å²) in [6.07, 6.45) is 2.30. The number of hydrogen-bond donors (Lipinski definition) is 2. The smallest absolute Gasteiger partial charge is 0.244 e. The quantitative estimate of drug-likeness (QED) is 0.730. The van der Waals surface area contributed by atoms with Crippen molar-refractivity contribution in [2.45, 2.75) is 32.4 Å². The van der Waals surface area contributed by atoms with E-state index in [0.29, 0.717) is 31.1 Å². The zero-order valence-corrected chi connectivity index (χ0v) is 17.3. The van der Waals surface area contributed by atoms with E-state index in [4.69, 9.17) is 0 Å². The third kappa shape index (κ3) is 4.92. The van der Waals surface area contributed by atoms with Crippen molar-refractivity contribution in [2.75, 3.05) is 18.1 Å². The second-order valence-electron chi connectivity index (χ2n) is 6.23. The summed E-state index contributed by atoms with van der Waals surface area (Å²) in [6.45, 7) is 2.31. The Morgan fingerprint density at radius 3 is 2.85 bits per heavy atom. The number of nitrogens with zero attached hydrogens (tertiary/aromatic N) is 2. The standard InChI is InChI=1S/C16H20N4O4S3/c1-10(21)17-8-11-5-6-14(26-11)12-9-25-16(18-12)19-15(22)13-4-3-7-20(13)27(2,23)24/h5-6,9,13H,3-4,7-8H2,1-2H3,(H,17,21)(H,18,19,22). The van der Waals surface area contributed by atoms with Crippen LogP contribution < -0.4 is 10.6 Å². The number of hydrogen-bond acceptors (Lipinski definition) is 7. The van der Waals surface area contributed by atoms with Gasteiger partial charge in [0.1, 0.15) is 6.04 Å². The fourth-order valence-electron chi connectivity index (χ4n) is 2.85. The Morgan fingerprint density at radius 1 is 1.37 bits per heavy atom. The summed E-state index contributed by atoms with van der Waals surface area (Å²) in [6, 6.07) is 3.17. The van der Waals surface area contributed by atoms with Crippen LogP contribution in [-0.4, -0.2) is 48.4 Å². The van der Waals surface area contributed by atoms with E-state index in [9.17, 15) is 18.0 Å². The molecule has 1 atom stereocenters. The van der Waals surface area contributed by atoms with Crippen molar-refractivity contribution in [2.24, 2.45) is 0 Å². The van der Waals surface area contributed by atoms with E-state index in [2.05, 4.69) is 15.6 Å². The van der Waals surface area contributed by atoms with Crippen LogP contribution >= 0.6 is 22.7 Å². The molecule has 11 heteroatoms. The van der Waals surface area contributed by atoms with Gasteiger partial charge >= 0.3 is 0 Å². The molecule has 2 aromatic rings. The molecule has 8 nitrogen and oxygen atoms in total. The number of sulfonamides is 1. The van der Waals surface area contributed by atoms with E-state index in [-0.39, 0.29) is 11.8 Å². The fraction of sp³-hybridized carbons (Fsp3) is 0.438. The molecule has 0 aromatic carbocycles. The van der Waals surface area contributed by atoms with Gasteiger partial charge in [0, 0.05) is 23.7 Å². The van der Waals surface area contributed by atoms with Crippen molar-refractivity contribution in [1.82, 2.24) is 14.6 Å². The van der Waals surface area contributed by atoms with Crippen molar-refractivity contribution in [1.29, 1.82) is 0 Å². The molecule has 0 radical (unpaired) electrons. The van der Waals surface area contributed by atoms with Crippen molar-refractivity contribution < 1.29 is 18.0 Å². The first-order valence-corrected chi connectivity index (χ1v) is 11.8. The average Bonchev–Trinajstić information content (AvgIpc) is 3.31. The summed E-state index contributed by atoms with van der Waals surface area (Å²) in [5, 5.41) is 7.76. The lowest BCUT2D eigenvalue weighted by atomic mass is 10.2. The minimum atomic E-state index is -3.41. The molecule has 1 aliphatic rings. The average molecular weight is 429 g/mol. The summed E-state index contributed by atoms with van der Waals surface area (Å²) in [5.41, 5.74) is 0.737. The number of aromatic nitrogens is 1. The highest BCUT2D eigenvalue weighted by Gasteiger charge is 2.36. The number of carbonyl (C=O) groups excluding carboxylic acids is 2. The van der Waals surface area contributed by atoms with Gasteiger partial charge in [0.05, 0.1) is 23.4 Å². The van der Waals surface area contributed by atoms with E-state index < -0.39 is 16.1 Å². The maximum Gasteiger partial charge on any atom is 0.244 e. The van der Waals surface area contributed by atoms with Crippen LogP contribution in [0.3, 0.4) is 0 Å². The summed E-state index contributed by atoms with van der Waals surface area (Å²) in [4.78, 5) is 29.9. The van der Waals surface area contributed by atoms with Gasteiger partial charge in [-0.1, -0.05) is 0 Å². The minimum Gasteiger partial charge on any atom is -0.351 e. The molecular weight excluding hydrogens is 408 g/mol. The Balaban J connectivity index is 1.66. The van der Waals surface area contributed by atoms with Crippen LogP contribution in [0.2, 0.25) is 0 Å². The molecule has 0 spiro atoms. The van der Waals surface area contributed by atoms with Crippen LogP contribution in [0.4, 0.5) is 5.13 Å². The SMILES string of the molecule is CC(=O)NCc1ccc(-c2csc(NC(=O)C3CCCN3S(C)(=O)=O)n2)s1. The molecule has 1 saturated heterocycles. The lowest BCUT2D eigenvalue weighted by molar-refractivity contribution is -0.119. The monoisotopic (exact) mass is 428 g/mol. The molecule has 2 aromatic heterocycles. The molecular formula is C16H20N4O4S3. The second kappa shape index (κ2) is 8.05. The number of amides is 2. The van der Waals surface area contributed by atoms with E-state index in [1.807, 2.05) is 17.5 Å². The van der Waals surface area contributed by atoms with Crippen molar-refractivity contribution in [3.05, 3.63) is 22.4 Å². The highest BCUT2D eigenvalue weighted by Crippen LogP contribution is 2.31. The molecule has 27 heavy (non-hydrogen) atoms. The first kappa shape index (κ1) is 19.9. The number of thiazole rings is 1. The van der Waals surface area contributed by atoms with Gasteiger partial charge in [-0.2, -0.15) is 4.31 Å². The van der Waals surface area contributed by atoms with Gasteiger partial charge in [0.2, 0.25) is 21.8 Å². The number of rotatable bonds is 6. The van der Waals surface area contributed by atoms with Gasteiger partial charge in [-0.05, 0) is 25.0 Å². The number of nitrogens with one attached hydrogen (secondary N) is 2. The molecule has 2 amide bonds. The zero-order chi connectivity index (χ0) is 19.6. The molecule has 2 N–H and O–H groups in total. The van der Waals surface area contributed by atoms with Crippen LogP contribution in [0.15, 0.2) is 17.5 Å². The van der Waals surface area contributed by atoms with E-state index in [0.717, 1.165) is 21.7 Å². The maximum atomic E-state index is 12.5. The van der Waals surface area contributed by atoms with Crippen LogP contribution in [0.1, 0.15) is 24.6 Å². The lowest BCUT2D eigenvalue weighted by Crippen LogP contribution is -2.42. The molecule has 0 saturated carbocycles. The summed E-state index contributed by atoms with van der Waals surface area (Å²) < 4.78 is 24.8. The first-order valence-electron chi connectivity index (χ1n) is 8.31. The molecule has 1 unspecified atom stereocenters. The van der Waals surface area contributed by atoms with Gasteiger partial charge in [-0.25, -0.2) is 13.4 Å². The van der Waals surface area contributed by atoms with Gasteiger partial charge in [0.25, 0.3) is 0 Å². The third-order valence-corrected chi connectivity index (χ3v) is 7.25. The zero-order valence-electron chi connectivity index (χ0n) is 14.9. The normalized spacial score (nSPS) is 17.8. The molecule has 1 fully saturated rings. The van der Waals surface area contributed by atoms with Crippen LogP contribution in [0.5, 0.6) is 0 Å². The predicted octanol–water partition coefficient (Wildman–Crippen LogP) is 1.87. The third-order valence-electron chi connectivity index (χ3n) is 4.09. The second-order valence-corrected chi connectivity index (χ2v) is 10.2. The fourth-order valence-corrected chi connectivity index (χ4v) is 5.67. The molecule has 3 heterocycles. The topological polar surface area (TPSA) is 108 Å². The van der Waals surface area contributed by atoms with E-state index in [1.165, 1.54) is 33.9 Å². The van der Waals surface area contributed by atoms with Crippen LogP contribution in [0.25, 0.3) is 10.6 Å². The highest BCUT2D eigenvalue weighted by molar-refractivity contribution is 7.88. The van der Waals surface area contributed by atoms with Gasteiger partial charge in [-0.15, -0.1) is 22.7 Å². The number of anilines is 1. The maximum absolute atomic E-state index is 12.5. The van der Waals surface area contributed by atoms with Crippen molar-refractivity contribution in [3.8, 4) is 10.6 Å². The lowest BCUT2D eigenvalue weighted by Gasteiger charge is -2.20. The molecule has 1 aliphatic heterocycles. The molecule has 0 aliphatic carbocycles. The number of carbonyl (C=O) groups is 2. The van der Waals surface area contributed by atoms with Crippen molar-refractivity contribution in [3.63, 3.8) is 0 Å². The van der Waals surface area contributed by atoms with Gasteiger partial charge in [0.15, 0.2) is 5.13 Å². The van der Waals surface area contributed by atoms with Crippen LogP contribution in [-0.2, 0) is 26.2 Å².